The molecule has 1 fully saturated rings. The summed E-state index contributed by atoms with van der Waals surface area (Å²) in [5.41, 5.74) is 3.84. The normalized spacial score (nSPS) is 24.7. The Morgan fingerprint density at radius 2 is 1.95 bits per heavy atom. The number of likely N-dealkylation sites (tertiary alicyclic amines) is 1. The first-order valence-corrected chi connectivity index (χ1v) is 13.6. The van der Waals surface area contributed by atoms with E-state index in [0.717, 1.165) is 11.1 Å². The minimum Gasteiger partial charge on any atom is -0.391 e. The monoisotopic (exact) mass is 519 g/mol. The van der Waals surface area contributed by atoms with Crippen LogP contribution in [0.5, 0.6) is 0 Å². The van der Waals surface area contributed by atoms with Crippen molar-refractivity contribution >= 4 is 28.9 Å². The Hall–Kier alpha value is -3.10. The number of hydrogen-bond donors (Lipinski definition) is 1. The van der Waals surface area contributed by atoms with Crippen LogP contribution in [0.3, 0.4) is 0 Å². The SMILES string of the molecule is Cc1cc([C@H](C(=O)N2C[C@H](O)C[C@H]2C2=NC(=O)[C@](C)(c3ccc(-c4sccc4C)cc3)C2)C(C)C)on1. The van der Waals surface area contributed by atoms with Crippen molar-refractivity contribution in [3.63, 3.8) is 0 Å². The fourth-order valence-corrected chi connectivity index (χ4v) is 6.56. The molecule has 3 aromatic rings. The van der Waals surface area contributed by atoms with E-state index in [2.05, 4.69) is 40.7 Å². The fraction of sp³-hybridized carbons (Fsp3) is 0.448. The standard InChI is InChI=1S/C29H33N3O4S/c1-16(2)25(24-12-18(4)31-36-24)27(34)32-15-21(33)13-23(32)22-14-29(5,28(35)30-22)20-8-6-19(7-9-20)26-17(3)10-11-37-26/h6-12,16,21,23,25,33H,13-15H2,1-5H3/t21-,23+,25-,29+/m1/s1. The third-order valence-corrected chi connectivity index (χ3v) is 8.80. The van der Waals surface area contributed by atoms with E-state index in [4.69, 9.17) is 4.52 Å². The van der Waals surface area contributed by atoms with Crippen molar-refractivity contribution in [3.05, 3.63) is 64.4 Å². The number of carbonyl (C=O) groups excluding carboxylic acids is 2. The van der Waals surface area contributed by atoms with E-state index in [1.807, 2.05) is 39.8 Å². The van der Waals surface area contributed by atoms with Gasteiger partial charge >= 0.3 is 0 Å². The van der Waals surface area contributed by atoms with Gasteiger partial charge in [-0.25, -0.2) is 4.99 Å². The molecule has 0 unspecified atom stereocenters. The van der Waals surface area contributed by atoms with Gasteiger partial charge in [0.05, 0.1) is 23.3 Å². The summed E-state index contributed by atoms with van der Waals surface area (Å²) in [4.78, 5) is 34.5. The number of β-amino-alcohol motifs (C(OH)–C–C–N with tert-alkyl or cyclic N) is 1. The molecule has 194 valence electrons. The van der Waals surface area contributed by atoms with Crippen LogP contribution < -0.4 is 0 Å². The van der Waals surface area contributed by atoms with Gasteiger partial charge in [-0.15, -0.1) is 11.3 Å². The molecule has 0 radical (unpaired) electrons. The summed E-state index contributed by atoms with van der Waals surface area (Å²) in [6.07, 6.45) is 0.110. The fourth-order valence-electron chi connectivity index (χ4n) is 5.62. The molecule has 1 saturated heterocycles. The molecule has 2 aromatic heterocycles. The number of hydrogen-bond acceptors (Lipinski definition) is 6. The van der Waals surface area contributed by atoms with Gasteiger partial charge in [-0.05, 0) is 54.8 Å². The van der Waals surface area contributed by atoms with Crippen LogP contribution in [0.1, 0.15) is 62.1 Å². The molecule has 4 heterocycles. The summed E-state index contributed by atoms with van der Waals surface area (Å²) >= 11 is 1.70. The highest BCUT2D eigenvalue weighted by molar-refractivity contribution is 7.13. The molecule has 1 N–H and O–H groups in total. The molecule has 2 amide bonds. The average Bonchev–Trinajstić information content (AvgIpc) is 3.62. The lowest BCUT2D eigenvalue weighted by atomic mass is 9.78. The van der Waals surface area contributed by atoms with E-state index in [0.29, 0.717) is 30.0 Å². The summed E-state index contributed by atoms with van der Waals surface area (Å²) in [6, 6.07) is 11.6. The highest BCUT2D eigenvalue weighted by Gasteiger charge is 2.48. The minimum atomic E-state index is -0.805. The molecule has 0 spiro atoms. The lowest BCUT2D eigenvalue weighted by Gasteiger charge is -2.30. The van der Waals surface area contributed by atoms with Crippen LogP contribution in [0.2, 0.25) is 0 Å². The third kappa shape index (κ3) is 4.57. The Labute approximate surface area is 221 Å². The van der Waals surface area contributed by atoms with Gasteiger partial charge in [0.1, 0.15) is 11.7 Å². The van der Waals surface area contributed by atoms with E-state index in [1.165, 1.54) is 10.4 Å². The number of aliphatic hydroxyl groups excluding tert-OH is 1. The molecule has 37 heavy (non-hydrogen) atoms. The summed E-state index contributed by atoms with van der Waals surface area (Å²) in [5, 5.41) is 16.6. The number of aryl methyl sites for hydroxylation is 2. The zero-order valence-electron chi connectivity index (χ0n) is 21.9. The zero-order chi connectivity index (χ0) is 26.5. The van der Waals surface area contributed by atoms with Crippen molar-refractivity contribution in [2.75, 3.05) is 6.54 Å². The smallest absolute Gasteiger partial charge is 0.256 e. The second kappa shape index (κ2) is 9.65. The van der Waals surface area contributed by atoms with Gasteiger partial charge in [0, 0.05) is 36.0 Å². The maximum absolute atomic E-state index is 13.8. The van der Waals surface area contributed by atoms with E-state index in [9.17, 15) is 14.7 Å². The van der Waals surface area contributed by atoms with E-state index in [-0.39, 0.29) is 24.3 Å². The number of aliphatic hydroxyl groups is 1. The van der Waals surface area contributed by atoms with E-state index in [1.54, 1.807) is 22.3 Å². The molecule has 0 saturated carbocycles. The van der Waals surface area contributed by atoms with Gasteiger partial charge in [-0.2, -0.15) is 0 Å². The van der Waals surface area contributed by atoms with E-state index >= 15 is 0 Å². The van der Waals surface area contributed by atoms with Crippen LogP contribution in [-0.4, -0.2) is 51.4 Å². The first-order valence-electron chi connectivity index (χ1n) is 12.8. The van der Waals surface area contributed by atoms with Crippen molar-refractivity contribution < 1.29 is 19.2 Å². The molecule has 1 aromatic carbocycles. The quantitative estimate of drug-likeness (QED) is 0.492. The molecule has 8 heteroatoms. The maximum atomic E-state index is 13.8. The number of aromatic nitrogens is 1. The first kappa shape index (κ1) is 25.5. The number of amides is 2. The Kier molecular flexibility index (Phi) is 6.66. The van der Waals surface area contributed by atoms with Crippen LogP contribution in [0, 0.1) is 19.8 Å². The number of nitrogens with zero attached hydrogens (tertiary/aromatic N) is 3. The number of aliphatic imine (C=N–C) groups is 1. The minimum absolute atomic E-state index is 0.0267. The van der Waals surface area contributed by atoms with Gasteiger partial charge in [0.25, 0.3) is 5.91 Å². The van der Waals surface area contributed by atoms with Crippen LogP contribution in [0.15, 0.2) is 51.3 Å². The summed E-state index contributed by atoms with van der Waals surface area (Å²) in [7, 11) is 0. The lowest BCUT2D eigenvalue weighted by molar-refractivity contribution is -0.134. The Morgan fingerprint density at radius 3 is 2.54 bits per heavy atom. The number of rotatable bonds is 6. The van der Waals surface area contributed by atoms with Crippen molar-refractivity contribution in [1.82, 2.24) is 10.1 Å². The summed E-state index contributed by atoms with van der Waals surface area (Å²) < 4.78 is 5.46. The van der Waals surface area contributed by atoms with Crippen LogP contribution in [0.4, 0.5) is 0 Å². The molecular weight excluding hydrogens is 486 g/mol. The first-order chi connectivity index (χ1) is 17.6. The van der Waals surface area contributed by atoms with Crippen molar-refractivity contribution in [3.8, 4) is 10.4 Å². The Balaban J connectivity index is 1.39. The highest BCUT2D eigenvalue weighted by Crippen LogP contribution is 2.40. The third-order valence-electron chi connectivity index (χ3n) is 7.73. The molecule has 0 aliphatic carbocycles. The Bertz CT molecular complexity index is 1360. The van der Waals surface area contributed by atoms with Gasteiger partial charge in [0.2, 0.25) is 5.91 Å². The van der Waals surface area contributed by atoms with Gasteiger partial charge in [-0.3, -0.25) is 9.59 Å². The van der Waals surface area contributed by atoms with Gasteiger partial charge < -0.3 is 14.5 Å². The molecule has 4 atom stereocenters. The molecule has 0 bridgehead atoms. The summed E-state index contributed by atoms with van der Waals surface area (Å²) in [5.74, 6) is -0.366. The summed E-state index contributed by atoms with van der Waals surface area (Å²) in [6.45, 7) is 9.98. The lowest BCUT2D eigenvalue weighted by Crippen LogP contribution is -2.44. The predicted octanol–water partition coefficient (Wildman–Crippen LogP) is 5.05. The molecular formula is C29H33N3O4S. The molecule has 2 aliphatic rings. The molecule has 5 rings (SSSR count). The van der Waals surface area contributed by atoms with Crippen LogP contribution in [-0.2, 0) is 15.0 Å². The van der Waals surface area contributed by atoms with Crippen LogP contribution >= 0.6 is 11.3 Å². The number of carbonyl (C=O) groups is 2. The van der Waals surface area contributed by atoms with E-state index < -0.39 is 23.5 Å². The van der Waals surface area contributed by atoms with Crippen molar-refractivity contribution in [2.45, 2.75) is 70.9 Å². The van der Waals surface area contributed by atoms with Gasteiger partial charge in [-0.1, -0.05) is 43.3 Å². The zero-order valence-corrected chi connectivity index (χ0v) is 22.7. The number of benzene rings is 1. The second-order valence-electron chi connectivity index (χ2n) is 10.9. The van der Waals surface area contributed by atoms with Gasteiger partial charge in [0.15, 0.2) is 0 Å². The molecule has 2 aliphatic heterocycles. The predicted molar refractivity (Wildman–Crippen MR) is 144 cm³/mol. The average molecular weight is 520 g/mol. The maximum Gasteiger partial charge on any atom is 0.256 e. The highest BCUT2D eigenvalue weighted by atomic mass is 32.1. The Morgan fingerprint density at radius 1 is 1.22 bits per heavy atom. The number of thiophene rings is 1. The van der Waals surface area contributed by atoms with Crippen molar-refractivity contribution in [1.29, 1.82) is 0 Å². The molecule has 7 nitrogen and oxygen atoms in total. The topological polar surface area (TPSA) is 96.0 Å². The van der Waals surface area contributed by atoms with Crippen LogP contribution in [0.25, 0.3) is 10.4 Å². The largest absolute Gasteiger partial charge is 0.391 e. The second-order valence-corrected chi connectivity index (χ2v) is 11.8. The van der Waals surface area contributed by atoms with Crippen molar-refractivity contribution in [2.24, 2.45) is 10.9 Å².